The highest BCUT2D eigenvalue weighted by molar-refractivity contribution is 14.0. The Morgan fingerprint density at radius 2 is 2.00 bits per heavy atom. The molecule has 0 bridgehead atoms. The minimum Gasteiger partial charge on any atom is -0.354 e. The van der Waals surface area contributed by atoms with Crippen LogP contribution in [0.15, 0.2) is 33.8 Å². The number of hydrogen-bond acceptors (Lipinski definition) is 5. The Morgan fingerprint density at radius 1 is 1.30 bits per heavy atom. The van der Waals surface area contributed by atoms with Gasteiger partial charge in [-0.05, 0) is 30.5 Å². The summed E-state index contributed by atoms with van der Waals surface area (Å²) < 4.78 is 18.0. The van der Waals surface area contributed by atoms with Crippen molar-refractivity contribution in [2.24, 2.45) is 4.99 Å². The van der Waals surface area contributed by atoms with Gasteiger partial charge in [0.2, 0.25) is 5.89 Å². The molecule has 1 aromatic carbocycles. The molecule has 2 N–H and O–H groups in total. The number of hydrogen-bond donors (Lipinski definition) is 2. The van der Waals surface area contributed by atoms with Gasteiger partial charge in [0.15, 0.2) is 11.8 Å². The van der Waals surface area contributed by atoms with Crippen LogP contribution in [0.5, 0.6) is 0 Å². The Labute approximate surface area is 175 Å². The number of nitrogens with zero attached hydrogens (tertiary/aromatic N) is 4. The average Bonchev–Trinajstić information content (AvgIpc) is 3.07. The summed E-state index contributed by atoms with van der Waals surface area (Å²) in [5.41, 5.74) is 1.14. The lowest BCUT2D eigenvalue weighted by Crippen LogP contribution is -2.48. The zero-order chi connectivity index (χ0) is 18.4. The molecule has 0 radical (unpaired) electrons. The highest BCUT2D eigenvalue weighted by atomic mass is 127. The minimum atomic E-state index is -0.188. The number of aliphatic imine (C=N–C) groups is 1. The van der Waals surface area contributed by atoms with Gasteiger partial charge in [-0.15, -0.1) is 24.0 Å². The molecule has 1 aromatic heterocycles. The molecule has 7 nitrogen and oxygen atoms in total. The van der Waals surface area contributed by atoms with Gasteiger partial charge in [-0.2, -0.15) is 4.98 Å². The van der Waals surface area contributed by atoms with Gasteiger partial charge in [-0.3, -0.25) is 9.89 Å². The molecule has 1 aliphatic rings. The third-order valence-electron chi connectivity index (χ3n) is 4.46. The number of piperidine rings is 1. The lowest BCUT2D eigenvalue weighted by molar-refractivity contribution is 0.198. The fourth-order valence-corrected chi connectivity index (χ4v) is 3.05. The van der Waals surface area contributed by atoms with Gasteiger partial charge < -0.3 is 15.2 Å². The molecule has 2 heterocycles. The summed E-state index contributed by atoms with van der Waals surface area (Å²) >= 11 is 0. The maximum absolute atomic E-state index is 13.0. The van der Waals surface area contributed by atoms with Crippen molar-refractivity contribution in [3.8, 4) is 0 Å². The Morgan fingerprint density at radius 3 is 2.59 bits per heavy atom. The Bertz CT molecular complexity index is 728. The van der Waals surface area contributed by atoms with Gasteiger partial charge in [-0.25, -0.2) is 4.39 Å². The third-order valence-corrected chi connectivity index (χ3v) is 4.46. The second-order valence-electron chi connectivity index (χ2n) is 6.48. The van der Waals surface area contributed by atoms with E-state index >= 15 is 0 Å². The van der Waals surface area contributed by atoms with Crippen LogP contribution in [-0.4, -0.2) is 47.2 Å². The number of aromatic nitrogens is 2. The van der Waals surface area contributed by atoms with Crippen molar-refractivity contribution in [2.45, 2.75) is 38.9 Å². The van der Waals surface area contributed by atoms with E-state index in [2.05, 4.69) is 30.7 Å². The van der Waals surface area contributed by atoms with Crippen molar-refractivity contribution in [3.05, 3.63) is 47.4 Å². The highest BCUT2D eigenvalue weighted by Crippen LogP contribution is 2.14. The molecular formula is C18H26FIN6O. The lowest BCUT2D eigenvalue weighted by Gasteiger charge is -2.33. The second-order valence-corrected chi connectivity index (χ2v) is 6.48. The van der Waals surface area contributed by atoms with Crippen molar-refractivity contribution in [3.63, 3.8) is 0 Å². The van der Waals surface area contributed by atoms with Crippen LogP contribution in [0.4, 0.5) is 4.39 Å². The van der Waals surface area contributed by atoms with Gasteiger partial charge >= 0.3 is 0 Å². The monoisotopic (exact) mass is 488 g/mol. The fraction of sp³-hybridized carbons (Fsp3) is 0.500. The smallest absolute Gasteiger partial charge is 0.223 e. The molecule has 148 valence electrons. The summed E-state index contributed by atoms with van der Waals surface area (Å²) in [6, 6.07) is 7.11. The summed E-state index contributed by atoms with van der Waals surface area (Å²) in [4.78, 5) is 10.8. The number of halogens is 2. The molecule has 1 fully saturated rings. The Hall–Kier alpha value is -1.75. The quantitative estimate of drug-likeness (QED) is 0.383. The van der Waals surface area contributed by atoms with Gasteiger partial charge in [0.05, 0.1) is 6.54 Å². The fourth-order valence-electron chi connectivity index (χ4n) is 3.05. The largest absolute Gasteiger partial charge is 0.354 e. The summed E-state index contributed by atoms with van der Waals surface area (Å²) in [6.45, 7) is 5.09. The standard InChI is InChI=1S/C18H25FN6O.HI/c1-13-22-17(24-26-13)11-21-18(20-2)23-16-7-9-25(10-8-16)12-14-3-5-15(19)6-4-14;/h3-6,16H,7-12H2,1-2H3,(H2,20,21,23);1H. The number of nitrogens with one attached hydrogen (secondary N) is 2. The molecule has 0 aliphatic carbocycles. The normalized spacial score (nSPS) is 16.0. The predicted molar refractivity (Wildman–Crippen MR) is 112 cm³/mol. The maximum Gasteiger partial charge on any atom is 0.223 e. The third kappa shape index (κ3) is 6.73. The molecule has 0 unspecified atom stereocenters. The first-order valence-corrected chi connectivity index (χ1v) is 8.85. The van der Waals surface area contributed by atoms with E-state index in [1.54, 1.807) is 14.0 Å². The summed E-state index contributed by atoms with van der Waals surface area (Å²) in [5, 5.41) is 10.5. The van der Waals surface area contributed by atoms with E-state index in [1.165, 1.54) is 12.1 Å². The number of rotatable bonds is 5. The molecule has 0 spiro atoms. The highest BCUT2D eigenvalue weighted by Gasteiger charge is 2.20. The van der Waals surface area contributed by atoms with Gasteiger partial charge in [0, 0.05) is 39.6 Å². The van der Waals surface area contributed by atoms with Crippen molar-refractivity contribution in [2.75, 3.05) is 20.1 Å². The first-order chi connectivity index (χ1) is 12.6. The van der Waals surface area contributed by atoms with Crippen molar-refractivity contribution in [1.82, 2.24) is 25.7 Å². The minimum absolute atomic E-state index is 0. The molecule has 0 saturated carbocycles. The summed E-state index contributed by atoms with van der Waals surface area (Å²) in [5.74, 6) is 1.72. The van der Waals surface area contributed by atoms with Crippen LogP contribution in [0.3, 0.4) is 0 Å². The maximum atomic E-state index is 13.0. The van der Waals surface area contributed by atoms with Crippen molar-refractivity contribution < 1.29 is 8.91 Å². The van der Waals surface area contributed by atoms with Gasteiger partial charge in [-0.1, -0.05) is 17.3 Å². The Balaban J connectivity index is 0.00000261. The first-order valence-electron chi connectivity index (χ1n) is 8.85. The predicted octanol–water partition coefficient (Wildman–Crippen LogP) is 2.46. The molecule has 1 aliphatic heterocycles. The number of guanidine groups is 1. The van der Waals surface area contributed by atoms with Crippen LogP contribution in [-0.2, 0) is 13.1 Å². The average molecular weight is 488 g/mol. The van der Waals surface area contributed by atoms with E-state index < -0.39 is 0 Å². The topological polar surface area (TPSA) is 78.6 Å². The van der Waals surface area contributed by atoms with Crippen LogP contribution in [0, 0.1) is 12.7 Å². The first kappa shape index (κ1) is 21.5. The number of aryl methyl sites for hydroxylation is 1. The van der Waals surface area contributed by atoms with Crippen LogP contribution in [0.2, 0.25) is 0 Å². The van der Waals surface area contributed by atoms with Crippen LogP contribution in [0.25, 0.3) is 0 Å². The zero-order valence-electron chi connectivity index (χ0n) is 15.6. The van der Waals surface area contributed by atoms with Gasteiger partial charge in [0.1, 0.15) is 5.82 Å². The van der Waals surface area contributed by atoms with Crippen LogP contribution < -0.4 is 10.6 Å². The SMILES string of the molecule is CN=C(NCc1noc(C)n1)NC1CCN(Cc2ccc(F)cc2)CC1.I. The summed E-state index contributed by atoms with van der Waals surface area (Å²) in [6.07, 6.45) is 2.06. The number of benzene rings is 1. The molecule has 27 heavy (non-hydrogen) atoms. The molecular weight excluding hydrogens is 462 g/mol. The van der Waals surface area contributed by atoms with E-state index in [9.17, 15) is 4.39 Å². The van der Waals surface area contributed by atoms with E-state index in [-0.39, 0.29) is 29.8 Å². The summed E-state index contributed by atoms with van der Waals surface area (Å²) in [7, 11) is 1.75. The van der Waals surface area contributed by atoms with E-state index in [0.717, 1.165) is 44.0 Å². The molecule has 1 saturated heterocycles. The molecule has 9 heteroatoms. The van der Waals surface area contributed by atoms with Crippen LogP contribution >= 0.6 is 24.0 Å². The lowest BCUT2D eigenvalue weighted by atomic mass is 10.0. The van der Waals surface area contributed by atoms with Crippen molar-refractivity contribution in [1.29, 1.82) is 0 Å². The molecule has 0 atom stereocenters. The second kappa shape index (κ2) is 10.5. The molecule has 2 aromatic rings. The van der Waals surface area contributed by atoms with E-state index in [4.69, 9.17) is 4.52 Å². The molecule has 0 amide bonds. The van der Waals surface area contributed by atoms with E-state index in [0.29, 0.717) is 24.3 Å². The van der Waals surface area contributed by atoms with Crippen LogP contribution in [0.1, 0.15) is 30.1 Å². The Kier molecular flexibility index (Phi) is 8.42. The van der Waals surface area contributed by atoms with Gasteiger partial charge in [0.25, 0.3) is 0 Å². The zero-order valence-corrected chi connectivity index (χ0v) is 17.9. The van der Waals surface area contributed by atoms with Crippen molar-refractivity contribution >= 4 is 29.9 Å². The molecule has 3 rings (SSSR count). The van der Waals surface area contributed by atoms with E-state index in [1.807, 2.05) is 12.1 Å². The number of likely N-dealkylation sites (tertiary alicyclic amines) is 1.